The Balaban J connectivity index is 1.55. The number of amides is 2. The van der Waals surface area contributed by atoms with Gasteiger partial charge in [0.05, 0.1) is 10.6 Å². The van der Waals surface area contributed by atoms with Gasteiger partial charge in [-0.2, -0.15) is 0 Å². The Morgan fingerprint density at radius 2 is 1.30 bits per heavy atom. The third-order valence-electron chi connectivity index (χ3n) is 8.21. The summed E-state index contributed by atoms with van der Waals surface area (Å²) in [6.45, 7) is -0.458. The number of nitrogens with one attached hydrogen (secondary N) is 1. The summed E-state index contributed by atoms with van der Waals surface area (Å²) in [5, 5.41) is 4.19. The first-order valence-corrected chi connectivity index (χ1v) is 17.6. The molecule has 0 heterocycles. The van der Waals surface area contributed by atoms with Crippen molar-refractivity contribution in [3.05, 3.63) is 130 Å². The van der Waals surface area contributed by atoms with Crippen LogP contribution in [-0.4, -0.2) is 43.8 Å². The Bertz CT molecular complexity index is 1700. The molecule has 1 N–H and O–H groups in total. The summed E-state index contributed by atoms with van der Waals surface area (Å²) in [6.07, 6.45) is 5.23. The quantitative estimate of drug-likeness (QED) is 0.171. The third kappa shape index (κ3) is 8.69. The van der Waals surface area contributed by atoms with Crippen LogP contribution in [0.5, 0.6) is 0 Å². The van der Waals surface area contributed by atoms with Crippen molar-refractivity contribution < 1.29 is 18.0 Å². The monoisotopic (exact) mass is 677 g/mol. The number of halogens is 2. The predicted octanol–water partition coefficient (Wildman–Crippen LogP) is 7.28. The molecule has 1 aliphatic rings. The zero-order valence-corrected chi connectivity index (χ0v) is 27.7. The van der Waals surface area contributed by atoms with Crippen molar-refractivity contribution in [2.75, 3.05) is 10.8 Å². The van der Waals surface area contributed by atoms with Gasteiger partial charge in [0.25, 0.3) is 10.0 Å². The molecule has 0 aliphatic heterocycles. The van der Waals surface area contributed by atoms with Crippen LogP contribution in [0, 0.1) is 0 Å². The maximum Gasteiger partial charge on any atom is 0.264 e. The lowest BCUT2D eigenvalue weighted by Crippen LogP contribution is -2.55. The number of hydrogen-bond acceptors (Lipinski definition) is 4. The number of benzene rings is 4. The Labute approximate surface area is 281 Å². The van der Waals surface area contributed by atoms with E-state index in [1.54, 1.807) is 66.7 Å². The molecule has 0 radical (unpaired) electrons. The van der Waals surface area contributed by atoms with Crippen LogP contribution in [0.25, 0.3) is 0 Å². The van der Waals surface area contributed by atoms with Gasteiger partial charge in [0.15, 0.2) is 0 Å². The van der Waals surface area contributed by atoms with Gasteiger partial charge in [-0.05, 0) is 72.5 Å². The fraction of sp³-hybridized carbons (Fsp3) is 0.278. The summed E-state index contributed by atoms with van der Waals surface area (Å²) in [7, 11) is -4.18. The van der Waals surface area contributed by atoms with Gasteiger partial charge < -0.3 is 10.2 Å². The molecule has 1 saturated carbocycles. The first-order chi connectivity index (χ1) is 22.2. The van der Waals surface area contributed by atoms with Crippen LogP contribution in [0.1, 0.15) is 43.2 Å². The molecule has 10 heteroatoms. The van der Waals surface area contributed by atoms with Crippen molar-refractivity contribution in [2.45, 2.75) is 62.0 Å². The molecule has 0 aromatic heterocycles. The summed E-state index contributed by atoms with van der Waals surface area (Å²) >= 11 is 12.3. The van der Waals surface area contributed by atoms with E-state index in [1.165, 1.54) is 17.0 Å². The number of anilines is 1. The number of carbonyl (C=O) groups excluding carboxylic acids is 2. The lowest BCUT2D eigenvalue weighted by atomic mass is 9.94. The summed E-state index contributed by atoms with van der Waals surface area (Å²) < 4.78 is 29.2. The highest BCUT2D eigenvalue weighted by molar-refractivity contribution is 7.92. The maximum absolute atomic E-state index is 14.6. The fourth-order valence-corrected chi connectivity index (χ4v) is 7.43. The first-order valence-electron chi connectivity index (χ1n) is 15.4. The second-order valence-electron chi connectivity index (χ2n) is 11.5. The molecular weight excluding hydrogens is 641 g/mol. The Morgan fingerprint density at radius 1 is 0.739 bits per heavy atom. The highest BCUT2D eigenvalue weighted by atomic mass is 35.5. The Morgan fingerprint density at radius 3 is 1.91 bits per heavy atom. The van der Waals surface area contributed by atoms with Crippen molar-refractivity contribution in [3.63, 3.8) is 0 Å². The SMILES string of the molecule is O=C(NC1CCCCC1)[C@H](Cc1ccccc1)N(Cc1ccc(Cl)cc1)C(=O)CN(c1ccc(Cl)cc1)S(=O)(=O)c1ccccc1. The molecule has 1 fully saturated rings. The molecule has 4 aromatic rings. The topological polar surface area (TPSA) is 86.8 Å². The summed E-state index contributed by atoms with van der Waals surface area (Å²) in [6, 6.07) is 30.0. The average molecular weight is 679 g/mol. The minimum absolute atomic E-state index is 0.0241. The molecule has 240 valence electrons. The number of rotatable bonds is 12. The number of sulfonamides is 1. The molecule has 4 aromatic carbocycles. The van der Waals surface area contributed by atoms with E-state index in [-0.39, 0.29) is 35.5 Å². The molecule has 2 amide bonds. The maximum atomic E-state index is 14.6. The molecule has 46 heavy (non-hydrogen) atoms. The van der Waals surface area contributed by atoms with Gasteiger partial charge in [-0.25, -0.2) is 8.42 Å². The molecule has 0 spiro atoms. The minimum Gasteiger partial charge on any atom is -0.352 e. The molecule has 1 atom stereocenters. The Kier molecular flexibility index (Phi) is 11.4. The molecule has 0 bridgehead atoms. The zero-order chi connectivity index (χ0) is 32.5. The third-order valence-corrected chi connectivity index (χ3v) is 10.5. The van der Waals surface area contributed by atoms with E-state index in [4.69, 9.17) is 23.2 Å². The smallest absolute Gasteiger partial charge is 0.264 e. The second kappa shape index (κ2) is 15.6. The largest absolute Gasteiger partial charge is 0.352 e. The van der Waals surface area contributed by atoms with Gasteiger partial charge in [-0.1, -0.05) is 103 Å². The molecule has 1 aliphatic carbocycles. The molecule has 5 rings (SSSR count). The lowest BCUT2D eigenvalue weighted by Gasteiger charge is -2.35. The van der Waals surface area contributed by atoms with Crippen molar-refractivity contribution in [3.8, 4) is 0 Å². The van der Waals surface area contributed by atoms with E-state index in [1.807, 2.05) is 30.3 Å². The van der Waals surface area contributed by atoms with Gasteiger partial charge in [0.1, 0.15) is 12.6 Å². The van der Waals surface area contributed by atoms with Gasteiger partial charge in [-0.3, -0.25) is 13.9 Å². The predicted molar refractivity (Wildman–Crippen MR) is 183 cm³/mol. The van der Waals surface area contributed by atoms with E-state index in [2.05, 4.69) is 5.32 Å². The summed E-state index contributed by atoms with van der Waals surface area (Å²) in [5.74, 6) is -0.786. The standard InChI is InChI=1S/C36H37Cl2N3O4S/c37-29-18-16-28(17-19-29)25-40(34(24-27-10-4-1-5-11-27)36(43)39-31-12-6-2-7-13-31)35(42)26-41(32-22-20-30(38)21-23-32)46(44,45)33-14-8-3-9-15-33/h1,3-5,8-11,14-23,31,34H,2,6-7,12-13,24-26H2,(H,39,43)/t34-/m0/s1. The van der Waals surface area contributed by atoms with Gasteiger partial charge >= 0.3 is 0 Å². The van der Waals surface area contributed by atoms with E-state index in [9.17, 15) is 18.0 Å². The van der Waals surface area contributed by atoms with Crippen LogP contribution in [0.2, 0.25) is 10.0 Å². The van der Waals surface area contributed by atoms with E-state index in [0.29, 0.717) is 10.0 Å². The molecule has 0 unspecified atom stereocenters. The van der Waals surface area contributed by atoms with Crippen LogP contribution >= 0.6 is 23.2 Å². The average Bonchev–Trinajstić information content (AvgIpc) is 3.07. The molecule has 7 nitrogen and oxygen atoms in total. The number of nitrogens with zero attached hydrogens (tertiary/aromatic N) is 2. The summed E-state index contributed by atoms with van der Waals surface area (Å²) in [5.41, 5.74) is 1.91. The minimum atomic E-state index is -4.18. The van der Waals surface area contributed by atoms with Crippen LogP contribution in [0.15, 0.2) is 114 Å². The highest BCUT2D eigenvalue weighted by Gasteiger charge is 2.35. The lowest BCUT2D eigenvalue weighted by molar-refractivity contribution is -0.140. The molecular formula is C36H37Cl2N3O4S. The van der Waals surface area contributed by atoms with Gasteiger partial charge in [-0.15, -0.1) is 0 Å². The van der Waals surface area contributed by atoms with Crippen LogP contribution in [0.3, 0.4) is 0 Å². The summed E-state index contributed by atoms with van der Waals surface area (Å²) in [4.78, 5) is 30.2. The van der Waals surface area contributed by atoms with E-state index >= 15 is 0 Å². The van der Waals surface area contributed by atoms with Crippen molar-refractivity contribution in [1.82, 2.24) is 10.2 Å². The first kappa shape index (κ1) is 33.5. The fourth-order valence-electron chi connectivity index (χ4n) is 5.74. The van der Waals surface area contributed by atoms with Crippen LogP contribution in [0.4, 0.5) is 5.69 Å². The molecule has 0 saturated heterocycles. The number of carbonyl (C=O) groups is 2. The van der Waals surface area contributed by atoms with E-state index in [0.717, 1.165) is 47.5 Å². The van der Waals surface area contributed by atoms with Crippen LogP contribution < -0.4 is 9.62 Å². The number of hydrogen-bond donors (Lipinski definition) is 1. The van der Waals surface area contributed by atoms with Crippen LogP contribution in [-0.2, 0) is 32.6 Å². The van der Waals surface area contributed by atoms with E-state index < -0.39 is 28.5 Å². The van der Waals surface area contributed by atoms with Gasteiger partial charge in [0, 0.05) is 29.1 Å². The van der Waals surface area contributed by atoms with Gasteiger partial charge in [0.2, 0.25) is 11.8 Å². The zero-order valence-electron chi connectivity index (χ0n) is 25.4. The van der Waals surface area contributed by atoms with Crippen molar-refractivity contribution in [2.24, 2.45) is 0 Å². The van der Waals surface area contributed by atoms with Crippen molar-refractivity contribution >= 4 is 50.7 Å². The highest BCUT2D eigenvalue weighted by Crippen LogP contribution is 2.27. The Hall–Kier alpha value is -3.85. The normalized spacial score (nSPS) is 14.3. The second-order valence-corrected chi connectivity index (χ2v) is 14.2. The van der Waals surface area contributed by atoms with Crippen molar-refractivity contribution in [1.29, 1.82) is 0 Å².